The Bertz CT molecular complexity index is 643. The smallest absolute Gasteiger partial charge is 0.195 e. The molecule has 0 aliphatic carbocycles. The van der Waals surface area contributed by atoms with Gasteiger partial charge in [-0.15, -0.1) is 0 Å². The van der Waals surface area contributed by atoms with Crippen molar-refractivity contribution in [2.24, 2.45) is 0 Å². The fourth-order valence-electron chi connectivity index (χ4n) is 1.98. The molecule has 0 saturated carbocycles. The summed E-state index contributed by atoms with van der Waals surface area (Å²) in [4.78, 5) is 11.8. The lowest BCUT2D eigenvalue weighted by Crippen LogP contribution is -1.77. The van der Waals surface area contributed by atoms with Crippen LogP contribution >= 0.6 is 0 Å². The van der Waals surface area contributed by atoms with E-state index >= 15 is 0 Å². The standard InChI is InChI=1S/C15H10O3.2H2O/c16-11-5-1-9(2-6-11)13-14(15(13)18)10-3-7-12(17)8-4-10;;/h1-8,16-17H;2*1H2. The minimum Gasteiger partial charge on any atom is -0.508 e. The average molecular weight is 274 g/mol. The molecule has 3 aromatic carbocycles. The number of hydrogen-bond acceptors (Lipinski definition) is 3. The summed E-state index contributed by atoms with van der Waals surface area (Å²) in [5.41, 5.74) is 2.99. The van der Waals surface area contributed by atoms with Crippen molar-refractivity contribution in [2.45, 2.75) is 0 Å². The minimum absolute atomic E-state index is 0. The molecule has 0 unspecified atom stereocenters. The highest BCUT2D eigenvalue weighted by molar-refractivity contribution is 5.94. The van der Waals surface area contributed by atoms with Gasteiger partial charge in [-0.05, 0) is 35.4 Å². The zero-order valence-electron chi connectivity index (χ0n) is 10.4. The molecule has 5 nitrogen and oxygen atoms in total. The third-order valence-electron chi connectivity index (χ3n) is 2.95. The van der Waals surface area contributed by atoms with Gasteiger partial charge in [-0.25, -0.2) is 0 Å². The second-order valence-corrected chi connectivity index (χ2v) is 4.17. The molecule has 0 bridgehead atoms. The van der Waals surface area contributed by atoms with Crippen molar-refractivity contribution in [1.82, 2.24) is 0 Å². The molecule has 0 spiro atoms. The van der Waals surface area contributed by atoms with E-state index in [4.69, 9.17) is 0 Å². The fraction of sp³-hybridized carbons (Fsp3) is 0. The quantitative estimate of drug-likeness (QED) is 0.725. The number of aromatic hydroxyl groups is 2. The summed E-state index contributed by atoms with van der Waals surface area (Å²) in [6.07, 6.45) is 0. The average Bonchev–Trinajstić information content (AvgIpc) is 3.03. The van der Waals surface area contributed by atoms with E-state index in [2.05, 4.69) is 0 Å². The van der Waals surface area contributed by atoms with Gasteiger partial charge in [-0.3, -0.25) is 4.79 Å². The number of rotatable bonds is 2. The molecule has 0 fully saturated rings. The largest absolute Gasteiger partial charge is 0.508 e. The monoisotopic (exact) mass is 274 g/mol. The van der Waals surface area contributed by atoms with Gasteiger partial charge in [0.15, 0.2) is 5.43 Å². The normalized spacial score (nSPS) is 9.80. The summed E-state index contributed by atoms with van der Waals surface area (Å²) >= 11 is 0. The Balaban J connectivity index is 0.000001000. The zero-order valence-corrected chi connectivity index (χ0v) is 10.4. The Morgan fingerprint density at radius 2 is 0.900 bits per heavy atom. The molecule has 3 aromatic rings. The lowest BCUT2D eigenvalue weighted by molar-refractivity contribution is 0.475. The molecular formula is C15H14O5. The highest BCUT2D eigenvalue weighted by Gasteiger charge is 2.24. The molecule has 0 aliphatic rings. The van der Waals surface area contributed by atoms with Crippen molar-refractivity contribution < 1.29 is 21.2 Å². The van der Waals surface area contributed by atoms with Gasteiger partial charge in [0, 0.05) is 11.1 Å². The van der Waals surface area contributed by atoms with Crippen molar-refractivity contribution in [3.8, 4) is 33.8 Å². The van der Waals surface area contributed by atoms with Crippen LogP contribution in [0.5, 0.6) is 11.5 Å². The molecule has 0 amide bonds. The predicted molar refractivity (Wildman–Crippen MR) is 76.5 cm³/mol. The van der Waals surface area contributed by atoms with Gasteiger partial charge in [-0.2, -0.15) is 0 Å². The lowest BCUT2D eigenvalue weighted by Gasteiger charge is -1.95. The maximum Gasteiger partial charge on any atom is 0.195 e. The van der Waals surface area contributed by atoms with Crippen LogP contribution in [0, 0.1) is 0 Å². The Morgan fingerprint density at radius 3 is 1.20 bits per heavy atom. The Labute approximate surface area is 114 Å². The maximum absolute atomic E-state index is 11.8. The Morgan fingerprint density at radius 1 is 0.600 bits per heavy atom. The van der Waals surface area contributed by atoms with Gasteiger partial charge < -0.3 is 21.2 Å². The van der Waals surface area contributed by atoms with Crippen molar-refractivity contribution in [3.05, 3.63) is 58.8 Å². The molecule has 104 valence electrons. The SMILES string of the molecule is O.O.O=c1c(-c2ccc(O)cc2)c1-c1ccc(O)cc1. The second kappa shape index (κ2) is 5.56. The number of phenolic OH excluding ortho intramolecular Hbond substituents is 2. The summed E-state index contributed by atoms with van der Waals surface area (Å²) in [5, 5.41) is 18.4. The van der Waals surface area contributed by atoms with E-state index in [-0.39, 0.29) is 27.9 Å². The second-order valence-electron chi connectivity index (χ2n) is 4.17. The zero-order chi connectivity index (χ0) is 12.7. The minimum atomic E-state index is 0. The Hall–Kier alpha value is -2.63. The van der Waals surface area contributed by atoms with E-state index < -0.39 is 0 Å². The first kappa shape index (κ1) is 15.4. The highest BCUT2D eigenvalue weighted by Crippen LogP contribution is 2.35. The molecule has 0 radical (unpaired) electrons. The molecule has 0 aromatic heterocycles. The molecule has 5 heteroatoms. The number of benzene rings is 2. The molecule has 6 N–H and O–H groups in total. The van der Waals surface area contributed by atoms with Crippen LogP contribution in [0.2, 0.25) is 0 Å². The maximum atomic E-state index is 11.8. The van der Waals surface area contributed by atoms with E-state index in [1.807, 2.05) is 0 Å². The summed E-state index contributed by atoms with van der Waals surface area (Å²) in [7, 11) is 0. The van der Waals surface area contributed by atoms with E-state index in [0.29, 0.717) is 11.1 Å². The summed E-state index contributed by atoms with van der Waals surface area (Å²) in [6.45, 7) is 0. The van der Waals surface area contributed by atoms with Crippen LogP contribution in [0.15, 0.2) is 53.3 Å². The molecule has 0 saturated heterocycles. The molecule has 0 heterocycles. The predicted octanol–water partition coefficient (Wildman–Crippen LogP) is 1.02. The van der Waals surface area contributed by atoms with Gasteiger partial charge in [0.1, 0.15) is 11.5 Å². The van der Waals surface area contributed by atoms with Crippen LogP contribution < -0.4 is 5.43 Å². The van der Waals surface area contributed by atoms with Crippen molar-refractivity contribution in [2.75, 3.05) is 0 Å². The van der Waals surface area contributed by atoms with Crippen LogP contribution in [-0.4, -0.2) is 21.2 Å². The van der Waals surface area contributed by atoms with Crippen LogP contribution in [0.25, 0.3) is 22.3 Å². The lowest BCUT2D eigenvalue weighted by atomic mass is 10.1. The van der Waals surface area contributed by atoms with E-state index in [9.17, 15) is 15.0 Å². The molecule has 3 rings (SSSR count). The summed E-state index contributed by atoms with van der Waals surface area (Å²) < 4.78 is 0. The number of phenols is 2. The van der Waals surface area contributed by atoms with Crippen molar-refractivity contribution in [3.63, 3.8) is 0 Å². The van der Waals surface area contributed by atoms with Gasteiger partial charge in [0.2, 0.25) is 0 Å². The van der Waals surface area contributed by atoms with E-state index in [1.165, 1.54) is 0 Å². The molecule has 0 atom stereocenters. The van der Waals surface area contributed by atoms with E-state index in [1.54, 1.807) is 48.5 Å². The van der Waals surface area contributed by atoms with Crippen LogP contribution in [0.3, 0.4) is 0 Å². The van der Waals surface area contributed by atoms with Crippen molar-refractivity contribution >= 4 is 0 Å². The Kier molecular flexibility index (Phi) is 4.29. The first-order valence-corrected chi connectivity index (χ1v) is 5.54. The topological polar surface area (TPSA) is 121 Å². The van der Waals surface area contributed by atoms with Gasteiger partial charge >= 0.3 is 0 Å². The number of hydrogen-bond donors (Lipinski definition) is 2. The third kappa shape index (κ3) is 2.54. The van der Waals surface area contributed by atoms with Crippen LogP contribution in [0.1, 0.15) is 0 Å². The van der Waals surface area contributed by atoms with E-state index in [0.717, 1.165) is 11.1 Å². The van der Waals surface area contributed by atoms with Crippen LogP contribution in [0.4, 0.5) is 0 Å². The third-order valence-corrected chi connectivity index (χ3v) is 2.95. The molecular weight excluding hydrogens is 260 g/mol. The van der Waals surface area contributed by atoms with Gasteiger partial charge in [0.05, 0.1) is 0 Å². The van der Waals surface area contributed by atoms with Crippen LogP contribution in [-0.2, 0) is 0 Å². The van der Waals surface area contributed by atoms with Gasteiger partial charge in [0.25, 0.3) is 0 Å². The first-order valence-electron chi connectivity index (χ1n) is 5.54. The molecule has 20 heavy (non-hydrogen) atoms. The highest BCUT2D eigenvalue weighted by atomic mass is 16.3. The summed E-state index contributed by atoms with van der Waals surface area (Å²) in [6, 6.07) is 13.1. The van der Waals surface area contributed by atoms with Gasteiger partial charge in [-0.1, -0.05) is 24.3 Å². The van der Waals surface area contributed by atoms with Crippen molar-refractivity contribution in [1.29, 1.82) is 0 Å². The fourth-order valence-corrected chi connectivity index (χ4v) is 1.98. The summed E-state index contributed by atoms with van der Waals surface area (Å²) in [5.74, 6) is 0.359. The molecule has 0 aliphatic heterocycles. The first-order chi connectivity index (χ1) is 8.66.